The summed E-state index contributed by atoms with van der Waals surface area (Å²) >= 11 is 0. The Balaban J connectivity index is -0.000000399. The molecule has 0 spiro atoms. The molecule has 0 aliphatic rings. The molecule has 0 heteroatoms. The molecule has 0 aliphatic carbocycles. The lowest BCUT2D eigenvalue weighted by Crippen LogP contribution is -1.75. The standard InChI is InChI=1S/C12H12.C2H6.2CH4/c1-3-4-8-11(2)12-9-6-5-7-10-12;1-2;;/h3-10H,1-2H2;1-2H3;2*1H4/b8-4-;;;. The van der Waals surface area contributed by atoms with Gasteiger partial charge in [0.05, 0.1) is 0 Å². The van der Waals surface area contributed by atoms with Crippen LogP contribution in [-0.2, 0) is 0 Å². The predicted molar refractivity (Wildman–Crippen MR) is 79.6 cm³/mol. The van der Waals surface area contributed by atoms with Gasteiger partial charge in [-0.25, -0.2) is 0 Å². The number of allylic oxidation sites excluding steroid dienone is 4. The highest BCUT2D eigenvalue weighted by Gasteiger charge is 1.90. The Kier molecular flexibility index (Phi) is 16.7. The Hall–Kier alpha value is -1.56. The smallest absolute Gasteiger partial charge is 0.0190 e. The lowest BCUT2D eigenvalue weighted by Gasteiger charge is -1.97. The molecule has 0 N–H and O–H groups in total. The van der Waals surface area contributed by atoms with Gasteiger partial charge >= 0.3 is 0 Å². The van der Waals surface area contributed by atoms with Gasteiger partial charge in [-0.2, -0.15) is 0 Å². The Morgan fingerprint density at radius 2 is 1.56 bits per heavy atom. The lowest BCUT2D eigenvalue weighted by atomic mass is 10.1. The third-order valence-corrected chi connectivity index (χ3v) is 1.58. The van der Waals surface area contributed by atoms with Crippen LogP contribution in [0, 0.1) is 0 Å². The zero-order chi connectivity index (χ0) is 10.8. The van der Waals surface area contributed by atoms with Gasteiger partial charge < -0.3 is 0 Å². The minimum absolute atomic E-state index is 0. The van der Waals surface area contributed by atoms with Gasteiger partial charge in [-0.05, 0) is 11.1 Å². The molecule has 0 unspecified atom stereocenters. The monoisotopic (exact) mass is 218 g/mol. The van der Waals surface area contributed by atoms with Crippen molar-refractivity contribution < 1.29 is 0 Å². The SMILES string of the molecule is C.C.C=C/C=C\C(=C)c1ccccc1.CC. The first-order valence-electron chi connectivity index (χ1n) is 4.88. The predicted octanol–water partition coefficient (Wildman–Crippen LogP) is 5.74. The van der Waals surface area contributed by atoms with Crippen LogP contribution in [0.2, 0.25) is 0 Å². The fourth-order valence-electron chi connectivity index (χ4n) is 0.933. The summed E-state index contributed by atoms with van der Waals surface area (Å²) < 4.78 is 0. The van der Waals surface area contributed by atoms with Crippen LogP contribution < -0.4 is 0 Å². The van der Waals surface area contributed by atoms with Gasteiger partial charge in [-0.1, -0.05) is 90.4 Å². The maximum absolute atomic E-state index is 3.93. The highest BCUT2D eigenvalue weighted by molar-refractivity contribution is 5.71. The van der Waals surface area contributed by atoms with E-state index in [0.29, 0.717) is 0 Å². The normalized spacial score (nSPS) is 7.88. The molecule has 1 aromatic carbocycles. The average molecular weight is 218 g/mol. The van der Waals surface area contributed by atoms with Gasteiger partial charge in [-0.15, -0.1) is 0 Å². The third kappa shape index (κ3) is 7.81. The molecule has 0 bridgehead atoms. The number of benzene rings is 1. The topological polar surface area (TPSA) is 0 Å². The van der Waals surface area contributed by atoms with E-state index in [4.69, 9.17) is 0 Å². The van der Waals surface area contributed by atoms with Gasteiger partial charge in [0.1, 0.15) is 0 Å². The van der Waals surface area contributed by atoms with Crippen molar-refractivity contribution in [2.45, 2.75) is 28.7 Å². The van der Waals surface area contributed by atoms with E-state index < -0.39 is 0 Å². The van der Waals surface area contributed by atoms with Crippen molar-refractivity contribution in [2.24, 2.45) is 0 Å². The summed E-state index contributed by atoms with van der Waals surface area (Å²) in [6.07, 6.45) is 5.58. The molecule has 0 amide bonds. The second-order valence-corrected chi connectivity index (χ2v) is 2.49. The molecule has 1 rings (SSSR count). The van der Waals surface area contributed by atoms with E-state index in [0.717, 1.165) is 11.1 Å². The maximum Gasteiger partial charge on any atom is -0.0190 e. The molecule has 0 atom stereocenters. The Morgan fingerprint density at radius 3 is 2.00 bits per heavy atom. The maximum atomic E-state index is 3.93. The fourth-order valence-corrected chi connectivity index (χ4v) is 0.933. The lowest BCUT2D eigenvalue weighted by molar-refractivity contribution is 1.50. The summed E-state index contributed by atoms with van der Waals surface area (Å²) in [5.41, 5.74) is 2.16. The first-order valence-corrected chi connectivity index (χ1v) is 4.88. The van der Waals surface area contributed by atoms with E-state index >= 15 is 0 Å². The molecule has 16 heavy (non-hydrogen) atoms. The quantitative estimate of drug-likeness (QED) is 0.567. The molecule has 0 radical (unpaired) electrons. The van der Waals surface area contributed by atoms with Crippen molar-refractivity contribution in [2.75, 3.05) is 0 Å². The van der Waals surface area contributed by atoms with Gasteiger partial charge in [0.15, 0.2) is 0 Å². The molecule has 1 aromatic rings. The second-order valence-electron chi connectivity index (χ2n) is 2.49. The molecule has 0 saturated carbocycles. The highest BCUT2D eigenvalue weighted by atomic mass is 13.9. The summed E-state index contributed by atoms with van der Waals surface area (Å²) in [6, 6.07) is 10.1. The minimum atomic E-state index is 0. The van der Waals surface area contributed by atoms with Gasteiger partial charge in [0, 0.05) is 0 Å². The van der Waals surface area contributed by atoms with Crippen LogP contribution >= 0.6 is 0 Å². The van der Waals surface area contributed by atoms with Gasteiger partial charge in [0.25, 0.3) is 0 Å². The van der Waals surface area contributed by atoms with E-state index in [1.54, 1.807) is 6.08 Å². The van der Waals surface area contributed by atoms with Gasteiger partial charge in [0.2, 0.25) is 0 Å². The summed E-state index contributed by atoms with van der Waals surface area (Å²) in [5.74, 6) is 0. The molecule has 0 nitrogen and oxygen atoms in total. The van der Waals surface area contributed by atoms with Crippen LogP contribution in [0.3, 0.4) is 0 Å². The number of hydrogen-bond donors (Lipinski definition) is 0. The Morgan fingerprint density at radius 1 is 1.06 bits per heavy atom. The van der Waals surface area contributed by atoms with Crippen LogP contribution in [0.4, 0.5) is 0 Å². The van der Waals surface area contributed by atoms with Crippen LogP contribution in [0.15, 0.2) is 61.7 Å². The van der Waals surface area contributed by atoms with E-state index in [1.807, 2.05) is 56.3 Å². The first kappa shape index (κ1) is 19.9. The van der Waals surface area contributed by atoms with E-state index in [-0.39, 0.29) is 14.9 Å². The van der Waals surface area contributed by atoms with Gasteiger partial charge in [-0.3, -0.25) is 0 Å². The van der Waals surface area contributed by atoms with E-state index in [2.05, 4.69) is 13.2 Å². The summed E-state index contributed by atoms with van der Waals surface area (Å²) in [7, 11) is 0. The molecule has 0 heterocycles. The second kappa shape index (κ2) is 13.4. The molecule has 90 valence electrons. The average Bonchev–Trinajstić information content (AvgIpc) is 2.30. The minimum Gasteiger partial charge on any atom is -0.0991 e. The van der Waals surface area contributed by atoms with Crippen molar-refractivity contribution in [3.63, 3.8) is 0 Å². The fraction of sp³-hybridized carbons (Fsp3) is 0.250. The van der Waals surface area contributed by atoms with Crippen molar-refractivity contribution in [1.29, 1.82) is 0 Å². The van der Waals surface area contributed by atoms with Crippen LogP contribution in [-0.4, -0.2) is 0 Å². The van der Waals surface area contributed by atoms with Crippen LogP contribution in [0.5, 0.6) is 0 Å². The van der Waals surface area contributed by atoms with Crippen LogP contribution in [0.25, 0.3) is 5.57 Å². The highest BCUT2D eigenvalue weighted by Crippen LogP contribution is 2.12. The van der Waals surface area contributed by atoms with Crippen molar-refractivity contribution in [3.05, 3.63) is 67.3 Å². The molecule has 0 aromatic heterocycles. The number of hydrogen-bond acceptors (Lipinski definition) is 0. The van der Waals surface area contributed by atoms with Crippen molar-refractivity contribution >= 4 is 5.57 Å². The van der Waals surface area contributed by atoms with Crippen LogP contribution in [0.1, 0.15) is 34.3 Å². The molecular formula is C16H26. The Bertz CT molecular complexity index is 291. The molecule has 0 saturated heterocycles. The summed E-state index contributed by atoms with van der Waals surface area (Å²) in [5, 5.41) is 0. The van der Waals surface area contributed by atoms with E-state index in [1.165, 1.54) is 0 Å². The van der Waals surface area contributed by atoms with Crippen molar-refractivity contribution in [1.82, 2.24) is 0 Å². The molecular weight excluding hydrogens is 192 g/mol. The van der Waals surface area contributed by atoms with Crippen molar-refractivity contribution in [3.8, 4) is 0 Å². The van der Waals surface area contributed by atoms with E-state index in [9.17, 15) is 0 Å². The molecule has 0 aliphatic heterocycles. The largest absolute Gasteiger partial charge is 0.0991 e. The first-order chi connectivity index (χ1) is 6.84. The zero-order valence-electron chi connectivity index (χ0n) is 9.03. The summed E-state index contributed by atoms with van der Waals surface area (Å²) in [4.78, 5) is 0. The third-order valence-electron chi connectivity index (χ3n) is 1.58. The summed E-state index contributed by atoms with van der Waals surface area (Å²) in [6.45, 7) is 11.5. The number of rotatable bonds is 3. The zero-order valence-corrected chi connectivity index (χ0v) is 9.03. The Labute approximate surface area is 102 Å². The molecule has 0 fully saturated rings.